The Morgan fingerprint density at radius 3 is 2.67 bits per heavy atom. The second-order valence-corrected chi connectivity index (χ2v) is 4.35. The summed E-state index contributed by atoms with van der Waals surface area (Å²) >= 11 is 0. The molecule has 0 bridgehead atoms. The number of aldehydes is 1. The van der Waals surface area contributed by atoms with E-state index >= 15 is 0 Å². The summed E-state index contributed by atoms with van der Waals surface area (Å²) in [6.45, 7) is 1.88. The number of benzene rings is 2. The Balaban J connectivity index is 2.41. The van der Waals surface area contributed by atoms with Gasteiger partial charge in [0.2, 0.25) is 5.75 Å². The van der Waals surface area contributed by atoms with Crippen LogP contribution in [-0.2, 0) is 6.42 Å². The molecule has 0 aliphatic rings. The maximum atomic E-state index is 13.3. The summed E-state index contributed by atoms with van der Waals surface area (Å²) in [5, 5.41) is 11.1. The molecule has 0 aliphatic heterocycles. The third kappa shape index (κ3) is 3.42. The first kappa shape index (κ1) is 14.6. The van der Waals surface area contributed by atoms with Crippen molar-refractivity contribution >= 4 is 12.0 Å². The van der Waals surface area contributed by atoms with Crippen LogP contribution in [0.2, 0.25) is 0 Å². The van der Waals surface area contributed by atoms with Gasteiger partial charge in [0.15, 0.2) is 0 Å². The van der Waals surface area contributed by atoms with Crippen molar-refractivity contribution in [3.05, 3.63) is 63.5 Å². The first-order valence-electron chi connectivity index (χ1n) is 6.24. The number of carbonyl (C=O) groups is 1. The summed E-state index contributed by atoms with van der Waals surface area (Å²) in [4.78, 5) is 21.2. The number of halogens is 1. The van der Waals surface area contributed by atoms with E-state index < -0.39 is 10.7 Å². The SMILES string of the molecule is CCc1ccc(Oc2cc(F)cc(C=O)c2)c([N+](=O)[O-])c1. The number of hydrogen-bond acceptors (Lipinski definition) is 4. The quantitative estimate of drug-likeness (QED) is 0.475. The van der Waals surface area contributed by atoms with Crippen LogP contribution in [0.15, 0.2) is 36.4 Å². The van der Waals surface area contributed by atoms with E-state index in [1.807, 2.05) is 6.92 Å². The highest BCUT2D eigenvalue weighted by Gasteiger charge is 2.17. The number of nitro groups is 1. The second kappa shape index (κ2) is 6.13. The molecular weight excluding hydrogens is 277 g/mol. The molecule has 0 N–H and O–H groups in total. The van der Waals surface area contributed by atoms with Gasteiger partial charge in [-0.05, 0) is 30.2 Å². The number of nitro benzene ring substituents is 1. The van der Waals surface area contributed by atoms with Gasteiger partial charge in [-0.2, -0.15) is 0 Å². The van der Waals surface area contributed by atoms with Crippen LogP contribution < -0.4 is 4.74 Å². The lowest BCUT2D eigenvalue weighted by molar-refractivity contribution is -0.385. The summed E-state index contributed by atoms with van der Waals surface area (Å²) in [6, 6.07) is 7.99. The fourth-order valence-corrected chi connectivity index (χ4v) is 1.85. The van der Waals surface area contributed by atoms with Crippen LogP contribution in [-0.4, -0.2) is 11.2 Å². The molecule has 0 heterocycles. The van der Waals surface area contributed by atoms with Crippen LogP contribution in [0.4, 0.5) is 10.1 Å². The van der Waals surface area contributed by atoms with Gasteiger partial charge in [0, 0.05) is 17.7 Å². The maximum absolute atomic E-state index is 13.3. The molecule has 2 aromatic rings. The maximum Gasteiger partial charge on any atom is 0.311 e. The summed E-state index contributed by atoms with van der Waals surface area (Å²) in [6.07, 6.45) is 1.13. The molecular formula is C15H12FNO4. The Labute approximate surface area is 120 Å². The molecule has 0 atom stereocenters. The van der Waals surface area contributed by atoms with Gasteiger partial charge in [0.05, 0.1) is 4.92 Å². The van der Waals surface area contributed by atoms with E-state index in [1.54, 1.807) is 6.07 Å². The zero-order valence-corrected chi connectivity index (χ0v) is 11.2. The smallest absolute Gasteiger partial charge is 0.311 e. The van der Waals surface area contributed by atoms with Crippen LogP contribution >= 0.6 is 0 Å². The minimum atomic E-state index is -0.651. The lowest BCUT2D eigenvalue weighted by Gasteiger charge is -2.08. The minimum Gasteiger partial charge on any atom is -0.450 e. The van der Waals surface area contributed by atoms with Crippen molar-refractivity contribution in [3.8, 4) is 11.5 Å². The second-order valence-electron chi connectivity index (χ2n) is 4.35. The van der Waals surface area contributed by atoms with E-state index in [4.69, 9.17) is 4.74 Å². The molecule has 0 fully saturated rings. The topological polar surface area (TPSA) is 69.4 Å². The number of aryl methyl sites for hydroxylation is 1. The van der Waals surface area contributed by atoms with Gasteiger partial charge in [-0.25, -0.2) is 4.39 Å². The first-order valence-corrected chi connectivity index (χ1v) is 6.24. The first-order chi connectivity index (χ1) is 10.0. The largest absolute Gasteiger partial charge is 0.450 e. The lowest BCUT2D eigenvalue weighted by Crippen LogP contribution is -1.96. The van der Waals surface area contributed by atoms with E-state index in [9.17, 15) is 19.3 Å². The summed E-state index contributed by atoms with van der Waals surface area (Å²) < 4.78 is 18.7. The van der Waals surface area contributed by atoms with Crippen LogP contribution in [0, 0.1) is 15.9 Å². The molecule has 2 rings (SSSR count). The molecule has 21 heavy (non-hydrogen) atoms. The summed E-state index contributed by atoms with van der Waals surface area (Å²) in [5.74, 6) is -0.619. The molecule has 5 nitrogen and oxygen atoms in total. The highest BCUT2D eigenvalue weighted by molar-refractivity contribution is 5.75. The third-order valence-electron chi connectivity index (χ3n) is 2.89. The molecule has 0 radical (unpaired) electrons. The standard InChI is InChI=1S/C15H12FNO4/c1-2-10-3-4-15(14(7-10)17(19)20)21-13-6-11(9-18)5-12(16)8-13/h3-9H,2H2,1H3. The Bertz CT molecular complexity index is 700. The van der Waals surface area contributed by atoms with E-state index in [-0.39, 0.29) is 22.7 Å². The zero-order valence-electron chi connectivity index (χ0n) is 11.2. The van der Waals surface area contributed by atoms with E-state index in [1.165, 1.54) is 18.2 Å². The van der Waals surface area contributed by atoms with Crippen molar-refractivity contribution in [2.45, 2.75) is 13.3 Å². The Morgan fingerprint density at radius 1 is 1.29 bits per heavy atom. The Morgan fingerprint density at radius 2 is 2.05 bits per heavy atom. The average molecular weight is 289 g/mol. The van der Waals surface area contributed by atoms with Crippen molar-refractivity contribution in [1.82, 2.24) is 0 Å². The fourth-order valence-electron chi connectivity index (χ4n) is 1.85. The van der Waals surface area contributed by atoms with Crippen LogP contribution in [0.1, 0.15) is 22.8 Å². The van der Waals surface area contributed by atoms with Crippen molar-refractivity contribution < 1.29 is 18.8 Å². The number of carbonyl (C=O) groups excluding carboxylic acids is 1. The lowest BCUT2D eigenvalue weighted by atomic mass is 10.1. The van der Waals surface area contributed by atoms with Crippen LogP contribution in [0.3, 0.4) is 0 Å². The van der Waals surface area contributed by atoms with Gasteiger partial charge < -0.3 is 4.74 Å². The van der Waals surface area contributed by atoms with Crippen molar-refractivity contribution in [3.63, 3.8) is 0 Å². The van der Waals surface area contributed by atoms with E-state index in [2.05, 4.69) is 0 Å². The monoisotopic (exact) mass is 289 g/mol. The zero-order chi connectivity index (χ0) is 15.4. The van der Waals surface area contributed by atoms with Gasteiger partial charge in [0.1, 0.15) is 17.9 Å². The predicted molar refractivity (Wildman–Crippen MR) is 74.3 cm³/mol. The molecule has 108 valence electrons. The van der Waals surface area contributed by atoms with Crippen molar-refractivity contribution in [2.75, 3.05) is 0 Å². The molecule has 0 saturated heterocycles. The van der Waals surface area contributed by atoms with Gasteiger partial charge in [-0.3, -0.25) is 14.9 Å². The highest BCUT2D eigenvalue weighted by atomic mass is 19.1. The number of rotatable bonds is 5. The number of hydrogen-bond donors (Lipinski definition) is 0. The van der Waals surface area contributed by atoms with Crippen LogP contribution in [0.25, 0.3) is 0 Å². The molecule has 0 aliphatic carbocycles. The van der Waals surface area contributed by atoms with Gasteiger partial charge in [-0.15, -0.1) is 0 Å². The molecule has 2 aromatic carbocycles. The van der Waals surface area contributed by atoms with Crippen LogP contribution in [0.5, 0.6) is 11.5 Å². The predicted octanol–water partition coefficient (Wildman–Crippen LogP) is 3.90. The normalized spacial score (nSPS) is 10.2. The van der Waals surface area contributed by atoms with Crippen molar-refractivity contribution in [2.24, 2.45) is 0 Å². The van der Waals surface area contributed by atoms with E-state index in [0.29, 0.717) is 12.7 Å². The van der Waals surface area contributed by atoms with Crippen molar-refractivity contribution in [1.29, 1.82) is 0 Å². The molecule has 6 heteroatoms. The molecule has 0 unspecified atom stereocenters. The third-order valence-corrected chi connectivity index (χ3v) is 2.89. The summed E-state index contributed by atoms with van der Waals surface area (Å²) in [5.41, 5.74) is 0.686. The Kier molecular flexibility index (Phi) is 4.27. The Hall–Kier alpha value is -2.76. The average Bonchev–Trinajstić information content (AvgIpc) is 2.46. The fraction of sp³-hybridized carbons (Fsp3) is 0.133. The number of ether oxygens (including phenoxy) is 1. The molecule has 0 spiro atoms. The van der Waals surface area contributed by atoms with E-state index in [0.717, 1.165) is 17.7 Å². The molecule has 0 saturated carbocycles. The minimum absolute atomic E-state index is 0.000325. The summed E-state index contributed by atoms with van der Waals surface area (Å²) in [7, 11) is 0. The molecule has 0 aromatic heterocycles. The van der Waals surface area contributed by atoms with Gasteiger partial charge in [-0.1, -0.05) is 13.0 Å². The number of nitrogens with zero attached hydrogens (tertiary/aromatic N) is 1. The van der Waals surface area contributed by atoms with Gasteiger partial charge >= 0.3 is 5.69 Å². The van der Waals surface area contributed by atoms with Gasteiger partial charge in [0.25, 0.3) is 0 Å². The molecule has 0 amide bonds. The highest BCUT2D eigenvalue weighted by Crippen LogP contribution is 2.32.